The molecule has 0 N–H and O–H groups in total. The third kappa shape index (κ3) is 5.49. The highest BCUT2D eigenvalue weighted by Gasteiger charge is 2.26. The molecule has 2 aromatic carbocycles. The van der Waals surface area contributed by atoms with Crippen LogP contribution in [-0.2, 0) is 17.9 Å². The quantitative estimate of drug-likeness (QED) is 0.345. The summed E-state index contributed by atoms with van der Waals surface area (Å²) in [6.45, 7) is 4.00. The molecule has 0 bridgehead atoms. The van der Waals surface area contributed by atoms with Crippen LogP contribution in [0, 0.1) is 6.92 Å². The number of methoxy groups -OCH3 is 1. The molecule has 0 saturated carbocycles. The summed E-state index contributed by atoms with van der Waals surface area (Å²) >= 11 is 0. The molecule has 37 heavy (non-hydrogen) atoms. The summed E-state index contributed by atoms with van der Waals surface area (Å²) < 4.78 is 13.0. The number of aromatic nitrogens is 3. The van der Waals surface area contributed by atoms with E-state index in [1.165, 1.54) is 0 Å². The molecule has 2 aromatic heterocycles. The number of nitrogens with zero attached hydrogens (tertiary/aromatic N) is 5. The van der Waals surface area contributed by atoms with Crippen molar-refractivity contribution < 1.29 is 13.9 Å². The van der Waals surface area contributed by atoms with Crippen LogP contribution in [0.5, 0.6) is 5.75 Å². The minimum atomic E-state index is -0.0181. The molecule has 0 aliphatic carbocycles. The van der Waals surface area contributed by atoms with Crippen LogP contribution >= 0.6 is 0 Å². The lowest BCUT2D eigenvalue weighted by Gasteiger charge is -2.24. The number of aryl methyl sites for hydroxylation is 1. The van der Waals surface area contributed by atoms with Gasteiger partial charge in [-0.25, -0.2) is 4.98 Å². The minimum absolute atomic E-state index is 0.0181. The number of oxazole rings is 1. The Kier molecular flexibility index (Phi) is 6.92. The number of hydrogen-bond donors (Lipinski definition) is 0. The molecule has 0 atom stereocenters. The van der Waals surface area contributed by atoms with E-state index in [0.717, 1.165) is 52.4 Å². The minimum Gasteiger partial charge on any atom is -0.497 e. The Hall–Kier alpha value is -4.17. The molecular formula is C29H31N5O3. The third-order valence-corrected chi connectivity index (χ3v) is 6.43. The molecule has 190 valence electrons. The van der Waals surface area contributed by atoms with Crippen molar-refractivity contribution >= 4 is 23.2 Å². The smallest absolute Gasteiger partial charge is 0.231 e. The number of benzene rings is 2. The summed E-state index contributed by atoms with van der Waals surface area (Å²) in [5, 5.41) is 4.53. The first-order chi connectivity index (χ1) is 17.9. The van der Waals surface area contributed by atoms with E-state index in [9.17, 15) is 4.79 Å². The maximum atomic E-state index is 13.7. The van der Waals surface area contributed by atoms with Crippen molar-refractivity contribution in [2.24, 2.45) is 0 Å². The van der Waals surface area contributed by atoms with Crippen molar-refractivity contribution in [3.8, 4) is 16.9 Å². The fourth-order valence-corrected chi connectivity index (χ4v) is 4.38. The first kappa shape index (κ1) is 24.5. The maximum absolute atomic E-state index is 13.7. The first-order valence-electron chi connectivity index (χ1n) is 12.3. The number of likely N-dealkylation sites (N-methyl/N-ethyl adjacent to an activating group) is 1. The second-order valence-electron chi connectivity index (χ2n) is 9.52. The van der Waals surface area contributed by atoms with Gasteiger partial charge in [0.1, 0.15) is 11.5 Å². The van der Waals surface area contributed by atoms with E-state index in [0.29, 0.717) is 18.2 Å². The molecule has 0 radical (unpaired) electrons. The van der Waals surface area contributed by atoms with Gasteiger partial charge >= 0.3 is 0 Å². The molecule has 1 aliphatic rings. The van der Waals surface area contributed by atoms with E-state index in [4.69, 9.17) is 9.15 Å². The van der Waals surface area contributed by atoms with E-state index in [1.807, 2.05) is 73.3 Å². The fraction of sp³-hybridized carbons (Fsp3) is 0.276. The van der Waals surface area contributed by atoms with E-state index < -0.39 is 0 Å². The largest absolute Gasteiger partial charge is 0.497 e. The molecular weight excluding hydrogens is 466 g/mol. The monoisotopic (exact) mass is 497 g/mol. The van der Waals surface area contributed by atoms with Crippen LogP contribution in [0.3, 0.4) is 0 Å². The highest BCUT2D eigenvalue weighted by atomic mass is 16.5. The number of amides is 1. The van der Waals surface area contributed by atoms with Gasteiger partial charge in [0.15, 0.2) is 0 Å². The molecule has 4 aromatic rings. The highest BCUT2D eigenvalue weighted by Crippen LogP contribution is 2.36. The molecule has 0 spiro atoms. The molecule has 1 amide bonds. The Morgan fingerprint density at radius 1 is 1.08 bits per heavy atom. The first-order valence-corrected chi connectivity index (χ1v) is 12.3. The Morgan fingerprint density at radius 2 is 1.89 bits per heavy atom. The molecule has 8 heteroatoms. The van der Waals surface area contributed by atoms with Crippen molar-refractivity contribution in [1.82, 2.24) is 19.7 Å². The molecule has 3 heterocycles. The third-order valence-electron chi connectivity index (χ3n) is 6.43. The van der Waals surface area contributed by atoms with Crippen molar-refractivity contribution in [1.29, 1.82) is 0 Å². The average molecular weight is 498 g/mol. The SMILES string of the molecule is COc1ccc(CN2C(=O)CC(c3ncc(C)o3)=Cc3ccc(-c4cnn(CCN(C)C)c4)cc32)cc1. The van der Waals surface area contributed by atoms with Gasteiger partial charge < -0.3 is 19.0 Å². The maximum Gasteiger partial charge on any atom is 0.231 e. The molecule has 0 fully saturated rings. The zero-order valence-electron chi connectivity index (χ0n) is 21.6. The van der Waals surface area contributed by atoms with Crippen LogP contribution in [0.4, 0.5) is 5.69 Å². The van der Waals surface area contributed by atoms with Crippen LogP contribution in [0.1, 0.15) is 29.2 Å². The van der Waals surface area contributed by atoms with E-state index in [2.05, 4.69) is 33.2 Å². The van der Waals surface area contributed by atoms with Gasteiger partial charge in [0.25, 0.3) is 0 Å². The number of fused-ring (bicyclic) bond motifs is 1. The number of hydrogen-bond acceptors (Lipinski definition) is 6. The number of ether oxygens (including phenoxy) is 1. The predicted molar refractivity (Wildman–Crippen MR) is 144 cm³/mol. The highest BCUT2D eigenvalue weighted by molar-refractivity contribution is 6.06. The number of carbonyl (C=O) groups excluding carboxylic acids is 1. The van der Waals surface area contributed by atoms with Crippen LogP contribution in [0.15, 0.2) is 65.5 Å². The van der Waals surface area contributed by atoms with Crippen molar-refractivity contribution in [2.45, 2.75) is 26.4 Å². The molecule has 8 nitrogen and oxygen atoms in total. The van der Waals surface area contributed by atoms with Gasteiger partial charge in [0.2, 0.25) is 11.8 Å². The Labute approximate surface area is 216 Å². The van der Waals surface area contributed by atoms with Crippen molar-refractivity contribution in [3.05, 3.63) is 83.8 Å². The second kappa shape index (κ2) is 10.4. The van der Waals surface area contributed by atoms with Gasteiger partial charge in [0.05, 0.1) is 44.7 Å². The van der Waals surface area contributed by atoms with Gasteiger partial charge in [0, 0.05) is 23.9 Å². The lowest BCUT2D eigenvalue weighted by atomic mass is 10.0. The zero-order valence-corrected chi connectivity index (χ0v) is 21.6. The number of anilines is 1. The van der Waals surface area contributed by atoms with Crippen LogP contribution in [0.25, 0.3) is 22.8 Å². The van der Waals surface area contributed by atoms with E-state index in [1.54, 1.807) is 13.3 Å². The Morgan fingerprint density at radius 3 is 2.59 bits per heavy atom. The van der Waals surface area contributed by atoms with Gasteiger partial charge in [-0.1, -0.05) is 24.3 Å². The van der Waals surface area contributed by atoms with Crippen LogP contribution in [0.2, 0.25) is 0 Å². The van der Waals surface area contributed by atoms with Crippen LogP contribution < -0.4 is 9.64 Å². The predicted octanol–water partition coefficient (Wildman–Crippen LogP) is 4.89. The lowest BCUT2D eigenvalue weighted by Crippen LogP contribution is -2.30. The van der Waals surface area contributed by atoms with Crippen molar-refractivity contribution in [3.63, 3.8) is 0 Å². The molecule has 0 unspecified atom stereocenters. The standard InChI is InChI=1S/C29H31N5O3/c1-20-16-30-29(37-20)24-13-23-8-7-22(25-17-31-33(19-25)12-11-32(2)3)14-27(23)34(28(35)15-24)18-21-5-9-26(36-4)10-6-21/h5-10,13-14,16-17,19H,11-12,15,18H2,1-4H3. The normalized spacial score (nSPS) is 13.5. The lowest BCUT2D eigenvalue weighted by molar-refractivity contribution is -0.117. The molecule has 5 rings (SSSR count). The summed E-state index contributed by atoms with van der Waals surface area (Å²) in [5.74, 6) is 1.96. The van der Waals surface area contributed by atoms with Crippen LogP contribution in [-0.4, -0.2) is 53.3 Å². The summed E-state index contributed by atoms with van der Waals surface area (Å²) in [4.78, 5) is 22.0. The topological polar surface area (TPSA) is 76.6 Å². The zero-order chi connectivity index (χ0) is 25.9. The van der Waals surface area contributed by atoms with Gasteiger partial charge in [-0.3, -0.25) is 9.48 Å². The van der Waals surface area contributed by atoms with Gasteiger partial charge in [-0.15, -0.1) is 0 Å². The fourth-order valence-electron chi connectivity index (χ4n) is 4.38. The average Bonchev–Trinajstić information content (AvgIpc) is 3.52. The van der Waals surface area contributed by atoms with Gasteiger partial charge in [-0.2, -0.15) is 5.10 Å². The summed E-state index contributed by atoms with van der Waals surface area (Å²) in [6, 6.07) is 14.0. The van der Waals surface area contributed by atoms with Gasteiger partial charge in [-0.05, 0) is 62.0 Å². The van der Waals surface area contributed by atoms with E-state index in [-0.39, 0.29) is 12.3 Å². The summed E-state index contributed by atoms with van der Waals surface area (Å²) in [7, 11) is 5.74. The Bertz CT molecular complexity index is 1430. The molecule has 1 aliphatic heterocycles. The molecule has 0 saturated heterocycles. The summed E-state index contributed by atoms with van der Waals surface area (Å²) in [5.41, 5.74) is 5.58. The van der Waals surface area contributed by atoms with E-state index >= 15 is 0 Å². The summed E-state index contributed by atoms with van der Waals surface area (Å²) in [6.07, 6.45) is 7.81. The number of carbonyl (C=O) groups is 1. The second-order valence-corrected chi connectivity index (χ2v) is 9.52. The van der Waals surface area contributed by atoms with Crippen molar-refractivity contribution in [2.75, 3.05) is 32.6 Å². The number of rotatable bonds is 8. The Balaban J connectivity index is 1.53.